The number of nitrogens with zero attached hydrogens (tertiary/aromatic N) is 1. The van der Waals surface area contributed by atoms with Crippen LogP contribution in [-0.2, 0) is 9.78 Å². The van der Waals surface area contributed by atoms with Crippen molar-refractivity contribution in [2.45, 2.75) is 0 Å². The molecule has 0 aliphatic carbocycles. The third-order valence-corrected chi connectivity index (χ3v) is 2.54. The zero-order valence-electron chi connectivity index (χ0n) is 8.84. The lowest BCUT2D eigenvalue weighted by molar-refractivity contribution is -0.217. The Hall–Kier alpha value is -1.66. The molecule has 0 saturated carbocycles. The van der Waals surface area contributed by atoms with Crippen LogP contribution < -0.4 is 0 Å². The molecule has 1 heterocycles. The van der Waals surface area contributed by atoms with Crippen molar-refractivity contribution in [3.05, 3.63) is 40.6 Å². The van der Waals surface area contributed by atoms with Crippen molar-refractivity contribution < 1.29 is 19.1 Å². The lowest BCUT2D eigenvalue weighted by Crippen LogP contribution is -2.01. The van der Waals surface area contributed by atoms with Crippen LogP contribution in [0.25, 0.3) is 11.3 Å². The minimum atomic E-state index is -0.719. The molecule has 0 bridgehead atoms. The van der Waals surface area contributed by atoms with Crippen molar-refractivity contribution in [1.82, 2.24) is 5.16 Å². The Morgan fingerprint density at radius 2 is 2.06 bits per heavy atom. The van der Waals surface area contributed by atoms with Crippen molar-refractivity contribution in [2.24, 2.45) is 0 Å². The van der Waals surface area contributed by atoms with Gasteiger partial charge < -0.3 is 4.52 Å². The third kappa shape index (κ3) is 2.72. The van der Waals surface area contributed by atoms with Crippen LogP contribution in [0.4, 0.5) is 0 Å². The Balaban J connectivity index is 2.23. The lowest BCUT2D eigenvalue weighted by atomic mass is 10.1. The standard InChI is InChI=1S/C11H8BrNO4/c1-15-17-11(14)10-6-9(13-16-10)7-2-4-8(12)5-3-7/h2-6H,1H3. The second kappa shape index (κ2) is 5.11. The van der Waals surface area contributed by atoms with E-state index in [1.807, 2.05) is 24.3 Å². The van der Waals surface area contributed by atoms with Gasteiger partial charge in [0.1, 0.15) is 5.69 Å². The first-order valence-corrected chi connectivity index (χ1v) is 5.47. The maximum Gasteiger partial charge on any atom is 0.410 e. The molecular weight excluding hydrogens is 290 g/mol. The van der Waals surface area contributed by atoms with Crippen LogP contribution in [0.2, 0.25) is 0 Å². The van der Waals surface area contributed by atoms with E-state index in [2.05, 4.69) is 30.9 Å². The van der Waals surface area contributed by atoms with Crippen molar-refractivity contribution in [1.29, 1.82) is 0 Å². The van der Waals surface area contributed by atoms with E-state index < -0.39 is 5.97 Å². The van der Waals surface area contributed by atoms with Gasteiger partial charge in [-0.2, -0.15) is 4.89 Å². The number of aromatic nitrogens is 1. The zero-order valence-corrected chi connectivity index (χ0v) is 10.4. The first-order chi connectivity index (χ1) is 8.20. The molecule has 0 fully saturated rings. The van der Waals surface area contributed by atoms with Gasteiger partial charge in [-0.15, -0.1) is 0 Å². The molecule has 17 heavy (non-hydrogen) atoms. The van der Waals surface area contributed by atoms with Crippen molar-refractivity contribution >= 4 is 21.9 Å². The smallest absolute Gasteiger partial charge is 0.348 e. The second-order valence-electron chi connectivity index (χ2n) is 3.12. The molecule has 0 amide bonds. The highest BCUT2D eigenvalue weighted by molar-refractivity contribution is 9.10. The summed E-state index contributed by atoms with van der Waals surface area (Å²) in [6, 6.07) is 8.94. The number of carbonyl (C=O) groups is 1. The van der Waals surface area contributed by atoms with Crippen LogP contribution >= 0.6 is 15.9 Å². The first kappa shape index (κ1) is 11.8. The largest absolute Gasteiger partial charge is 0.410 e. The van der Waals surface area contributed by atoms with Crippen LogP contribution in [0.3, 0.4) is 0 Å². The summed E-state index contributed by atoms with van der Waals surface area (Å²) < 4.78 is 5.81. The molecule has 0 atom stereocenters. The number of halogens is 1. The predicted octanol–water partition coefficient (Wildman–Crippen LogP) is 2.82. The average molecular weight is 298 g/mol. The van der Waals surface area contributed by atoms with Gasteiger partial charge in [0.15, 0.2) is 0 Å². The summed E-state index contributed by atoms with van der Waals surface area (Å²) >= 11 is 3.33. The van der Waals surface area contributed by atoms with Crippen LogP contribution in [0.15, 0.2) is 39.3 Å². The lowest BCUT2D eigenvalue weighted by Gasteiger charge is -1.94. The Morgan fingerprint density at radius 1 is 1.35 bits per heavy atom. The number of carbonyl (C=O) groups excluding carboxylic acids is 1. The molecule has 0 unspecified atom stereocenters. The van der Waals surface area contributed by atoms with E-state index in [0.29, 0.717) is 5.69 Å². The van der Waals surface area contributed by atoms with Crippen LogP contribution in [0.5, 0.6) is 0 Å². The molecule has 5 nitrogen and oxygen atoms in total. The monoisotopic (exact) mass is 297 g/mol. The molecule has 1 aromatic carbocycles. The topological polar surface area (TPSA) is 61.6 Å². The highest BCUT2D eigenvalue weighted by Crippen LogP contribution is 2.21. The minimum absolute atomic E-state index is 0.00947. The molecule has 0 spiro atoms. The summed E-state index contributed by atoms with van der Waals surface area (Å²) in [5, 5.41) is 3.77. The normalized spacial score (nSPS) is 10.2. The molecular formula is C11H8BrNO4. The number of hydrogen-bond acceptors (Lipinski definition) is 5. The van der Waals surface area contributed by atoms with Crippen LogP contribution in [-0.4, -0.2) is 18.2 Å². The Bertz CT molecular complexity index is 521. The number of hydrogen-bond donors (Lipinski definition) is 0. The molecule has 6 heteroatoms. The molecule has 88 valence electrons. The van der Waals surface area contributed by atoms with E-state index >= 15 is 0 Å². The summed E-state index contributed by atoms with van der Waals surface area (Å²) in [4.78, 5) is 19.8. The van der Waals surface area contributed by atoms with E-state index in [0.717, 1.165) is 10.0 Å². The average Bonchev–Trinajstić information content (AvgIpc) is 2.80. The van der Waals surface area contributed by atoms with Gasteiger partial charge in [0.05, 0.1) is 7.11 Å². The summed E-state index contributed by atoms with van der Waals surface area (Å²) in [6.07, 6.45) is 0. The fourth-order valence-corrected chi connectivity index (χ4v) is 1.51. The molecule has 0 radical (unpaired) electrons. The molecule has 0 aliphatic rings. The number of benzene rings is 1. The van der Waals surface area contributed by atoms with Gasteiger partial charge in [0.2, 0.25) is 5.76 Å². The van der Waals surface area contributed by atoms with Crippen LogP contribution in [0, 0.1) is 0 Å². The van der Waals surface area contributed by atoms with E-state index in [-0.39, 0.29) is 5.76 Å². The van der Waals surface area contributed by atoms with Gasteiger partial charge in [-0.3, -0.25) is 4.89 Å². The van der Waals surface area contributed by atoms with E-state index in [1.54, 1.807) is 0 Å². The SMILES string of the molecule is COOC(=O)c1cc(-c2ccc(Br)cc2)no1. The van der Waals surface area contributed by atoms with Crippen molar-refractivity contribution in [3.63, 3.8) is 0 Å². The summed E-state index contributed by atoms with van der Waals surface area (Å²) in [6.45, 7) is 0. The predicted molar refractivity (Wildman–Crippen MR) is 62.1 cm³/mol. The van der Waals surface area contributed by atoms with Gasteiger partial charge in [0.25, 0.3) is 0 Å². The fraction of sp³-hybridized carbons (Fsp3) is 0.0909. The second-order valence-corrected chi connectivity index (χ2v) is 4.04. The maximum atomic E-state index is 11.3. The van der Waals surface area contributed by atoms with E-state index in [9.17, 15) is 4.79 Å². The summed E-state index contributed by atoms with van der Waals surface area (Å²) in [5.74, 6) is -0.729. The minimum Gasteiger partial charge on any atom is -0.348 e. The first-order valence-electron chi connectivity index (χ1n) is 4.68. The van der Waals surface area contributed by atoms with Gasteiger partial charge in [0, 0.05) is 16.1 Å². The van der Waals surface area contributed by atoms with E-state index in [1.165, 1.54) is 13.2 Å². The van der Waals surface area contributed by atoms with Gasteiger partial charge >= 0.3 is 5.97 Å². The fourth-order valence-electron chi connectivity index (χ4n) is 1.24. The highest BCUT2D eigenvalue weighted by Gasteiger charge is 2.15. The van der Waals surface area contributed by atoms with Crippen molar-refractivity contribution in [2.75, 3.05) is 7.11 Å². The Morgan fingerprint density at radius 3 is 2.71 bits per heavy atom. The molecule has 0 N–H and O–H groups in total. The third-order valence-electron chi connectivity index (χ3n) is 2.01. The summed E-state index contributed by atoms with van der Waals surface area (Å²) in [7, 11) is 1.24. The zero-order chi connectivity index (χ0) is 12.3. The Kier molecular flexibility index (Phi) is 3.55. The highest BCUT2D eigenvalue weighted by atomic mass is 79.9. The molecule has 2 aromatic rings. The van der Waals surface area contributed by atoms with Gasteiger partial charge in [-0.25, -0.2) is 4.79 Å². The van der Waals surface area contributed by atoms with Crippen LogP contribution in [0.1, 0.15) is 10.6 Å². The van der Waals surface area contributed by atoms with Crippen molar-refractivity contribution in [3.8, 4) is 11.3 Å². The van der Waals surface area contributed by atoms with Gasteiger partial charge in [-0.1, -0.05) is 33.2 Å². The molecule has 0 saturated heterocycles. The maximum absolute atomic E-state index is 11.3. The van der Waals surface area contributed by atoms with E-state index in [4.69, 9.17) is 4.52 Å². The molecule has 2 rings (SSSR count). The summed E-state index contributed by atoms with van der Waals surface area (Å²) in [5.41, 5.74) is 1.40. The quantitative estimate of drug-likeness (QED) is 0.644. The van der Waals surface area contributed by atoms with Gasteiger partial charge in [-0.05, 0) is 12.1 Å². The molecule has 0 aliphatic heterocycles. The number of rotatable bonds is 3. The Labute approximate surface area is 105 Å². The molecule has 1 aromatic heterocycles.